The van der Waals surface area contributed by atoms with Crippen LogP contribution in [-0.4, -0.2) is 41.3 Å². The number of aromatic amines is 1. The summed E-state index contributed by atoms with van der Waals surface area (Å²) in [7, 11) is 1.77. The van der Waals surface area contributed by atoms with Crippen LogP contribution in [0.2, 0.25) is 0 Å². The number of anilines is 1. The molecule has 0 aliphatic carbocycles. The number of methoxy groups -OCH3 is 1. The van der Waals surface area contributed by atoms with Crippen molar-refractivity contribution in [1.29, 1.82) is 5.26 Å². The van der Waals surface area contributed by atoms with E-state index in [-0.39, 0.29) is 0 Å². The molecule has 2 aromatic heterocycles. The molecule has 1 aliphatic rings. The Balaban J connectivity index is 1.79. The number of piperidine rings is 1. The van der Waals surface area contributed by atoms with E-state index in [4.69, 9.17) is 4.74 Å². The molecule has 126 valence electrons. The van der Waals surface area contributed by atoms with Crippen LogP contribution in [0.3, 0.4) is 0 Å². The predicted octanol–water partition coefficient (Wildman–Crippen LogP) is 3.11. The van der Waals surface area contributed by atoms with Crippen LogP contribution in [0, 0.1) is 11.3 Å². The molecule has 4 rings (SSSR count). The van der Waals surface area contributed by atoms with Gasteiger partial charge in [0.15, 0.2) is 0 Å². The van der Waals surface area contributed by atoms with Gasteiger partial charge in [0.2, 0.25) is 0 Å². The van der Waals surface area contributed by atoms with E-state index in [1.807, 2.05) is 30.5 Å². The standard InChI is InChI=1S/C19H19N5O/c1-25-15-5-7-24(8-6-15)19-17-16(11-21-18(17)22-12-23-19)14-4-2-3-13(9-14)10-20/h2-4,9,11-12,15H,5-8H2,1H3,(H,21,22,23). The molecule has 0 unspecified atom stereocenters. The molecular formula is C19H19N5O. The van der Waals surface area contributed by atoms with Gasteiger partial charge in [0, 0.05) is 32.0 Å². The van der Waals surface area contributed by atoms with Crippen molar-refractivity contribution in [2.75, 3.05) is 25.1 Å². The molecule has 1 saturated heterocycles. The molecule has 3 aromatic rings. The van der Waals surface area contributed by atoms with Gasteiger partial charge in [-0.2, -0.15) is 5.26 Å². The maximum atomic E-state index is 9.18. The summed E-state index contributed by atoms with van der Waals surface area (Å²) in [6.07, 6.45) is 5.86. The smallest absolute Gasteiger partial charge is 0.143 e. The topological polar surface area (TPSA) is 77.8 Å². The second kappa shape index (κ2) is 6.54. The molecule has 0 atom stereocenters. The fourth-order valence-corrected chi connectivity index (χ4v) is 3.47. The van der Waals surface area contributed by atoms with Gasteiger partial charge >= 0.3 is 0 Å². The van der Waals surface area contributed by atoms with E-state index in [0.29, 0.717) is 11.7 Å². The van der Waals surface area contributed by atoms with Crippen LogP contribution in [0.25, 0.3) is 22.2 Å². The van der Waals surface area contributed by atoms with Gasteiger partial charge in [-0.25, -0.2) is 9.97 Å². The van der Waals surface area contributed by atoms with E-state index in [9.17, 15) is 5.26 Å². The Hall–Kier alpha value is -2.91. The summed E-state index contributed by atoms with van der Waals surface area (Å²) >= 11 is 0. The zero-order valence-corrected chi connectivity index (χ0v) is 14.1. The number of nitrogens with one attached hydrogen (secondary N) is 1. The highest BCUT2D eigenvalue weighted by Gasteiger charge is 2.23. The molecule has 0 saturated carbocycles. The lowest BCUT2D eigenvalue weighted by molar-refractivity contribution is 0.0818. The van der Waals surface area contributed by atoms with Crippen LogP contribution in [-0.2, 0) is 4.74 Å². The van der Waals surface area contributed by atoms with Crippen molar-refractivity contribution in [3.05, 3.63) is 42.4 Å². The Morgan fingerprint density at radius 3 is 2.88 bits per heavy atom. The van der Waals surface area contributed by atoms with Gasteiger partial charge in [0.1, 0.15) is 17.8 Å². The Morgan fingerprint density at radius 1 is 1.28 bits per heavy atom. The minimum Gasteiger partial charge on any atom is -0.381 e. The maximum absolute atomic E-state index is 9.18. The van der Waals surface area contributed by atoms with Gasteiger partial charge in [-0.05, 0) is 30.5 Å². The van der Waals surface area contributed by atoms with Crippen molar-refractivity contribution in [3.8, 4) is 17.2 Å². The predicted molar refractivity (Wildman–Crippen MR) is 96.3 cm³/mol. The van der Waals surface area contributed by atoms with Crippen molar-refractivity contribution in [3.63, 3.8) is 0 Å². The van der Waals surface area contributed by atoms with Gasteiger partial charge < -0.3 is 14.6 Å². The van der Waals surface area contributed by atoms with Crippen molar-refractivity contribution in [2.24, 2.45) is 0 Å². The molecule has 3 heterocycles. The average Bonchev–Trinajstić information content (AvgIpc) is 3.12. The summed E-state index contributed by atoms with van der Waals surface area (Å²) in [4.78, 5) is 14.5. The van der Waals surface area contributed by atoms with Gasteiger partial charge in [-0.1, -0.05) is 12.1 Å². The molecule has 6 heteroatoms. The summed E-state index contributed by atoms with van der Waals surface area (Å²) in [6.45, 7) is 1.82. The average molecular weight is 333 g/mol. The van der Waals surface area contributed by atoms with E-state index in [0.717, 1.165) is 53.9 Å². The molecule has 1 fully saturated rings. The quantitative estimate of drug-likeness (QED) is 0.797. The fourth-order valence-electron chi connectivity index (χ4n) is 3.47. The number of nitrogens with zero attached hydrogens (tertiary/aromatic N) is 4. The van der Waals surface area contributed by atoms with E-state index in [2.05, 4.69) is 25.9 Å². The number of aromatic nitrogens is 3. The number of benzene rings is 1. The highest BCUT2D eigenvalue weighted by molar-refractivity contribution is 6.01. The van der Waals surface area contributed by atoms with Crippen LogP contribution in [0.1, 0.15) is 18.4 Å². The summed E-state index contributed by atoms with van der Waals surface area (Å²) in [5.74, 6) is 0.943. The highest BCUT2D eigenvalue weighted by Crippen LogP contribution is 2.35. The molecule has 6 nitrogen and oxygen atoms in total. The molecule has 0 bridgehead atoms. The first kappa shape index (κ1) is 15.6. The van der Waals surface area contributed by atoms with Crippen molar-refractivity contribution in [2.45, 2.75) is 18.9 Å². The number of nitriles is 1. The van der Waals surface area contributed by atoms with Crippen LogP contribution in [0.5, 0.6) is 0 Å². The van der Waals surface area contributed by atoms with E-state index >= 15 is 0 Å². The van der Waals surface area contributed by atoms with Crippen LogP contribution in [0.15, 0.2) is 36.8 Å². The number of ether oxygens (including phenoxy) is 1. The highest BCUT2D eigenvalue weighted by atomic mass is 16.5. The third kappa shape index (κ3) is 2.83. The van der Waals surface area contributed by atoms with Crippen LogP contribution < -0.4 is 4.90 Å². The molecule has 25 heavy (non-hydrogen) atoms. The molecule has 1 N–H and O–H groups in total. The molecular weight excluding hydrogens is 314 g/mol. The molecule has 0 spiro atoms. The lowest BCUT2D eigenvalue weighted by Gasteiger charge is -2.32. The first-order chi connectivity index (χ1) is 12.3. The maximum Gasteiger partial charge on any atom is 0.143 e. The van der Waals surface area contributed by atoms with Crippen LogP contribution >= 0.6 is 0 Å². The summed E-state index contributed by atoms with van der Waals surface area (Å²) in [5, 5.41) is 10.2. The number of H-pyrrole nitrogens is 1. The van der Waals surface area contributed by atoms with Crippen molar-refractivity contribution in [1.82, 2.24) is 15.0 Å². The Bertz CT molecular complexity index is 934. The van der Waals surface area contributed by atoms with Crippen LogP contribution in [0.4, 0.5) is 5.82 Å². The summed E-state index contributed by atoms with van der Waals surface area (Å²) < 4.78 is 5.47. The normalized spacial score (nSPS) is 15.4. The SMILES string of the molecule is COC1CCN(c2ncnc3[nH]cc(-c4cccc(C#N)c4)c23)CC1. The minimum atomic E-state index is 0.326. The second-order valence-corrected chi connectivity index (χ2v) is 6.24. The third-order valence-electron chi connectivity index (χ3n) is 4.83. The summed E-state index contributed by atoms with van der Waals surface area (Å²) in [6, 6.07) is 9.83. The first-order valence-electron chi connectivity index (χ1n) is 8.40. The zero-order chi connectivity index (χ0) is 17.2. The largest absolute Gasteiger partial charge is 0.381 e. The van der Waals surface area contributed by atoms with E-state index in [1.54, 1.807) is 13.4 Å². The molecule has 1 aliphatic heterocycles. The summed E-state index contributed by atoms with van der Waals surface area (Å²) in [5.41, 5.74) is 3.48. The first-order valence-corrected chi connectivity index (χ1v) is 8.40. The van der Waals surface area contributed by atoms with E-state index < -0.39 is 0 Å². The monoisotopic (exact) mass is 333 g/mol. The van der Waals surface area contributed by atoms with Gasteiger partial charge in [-0.15, -0.1) is 0 Å². The minimum absolute atomic E-state index is 0.326. The Labute approximate surface area is 146 Å². The number of hydrogen-bond donors (Lipinski definition) is 1. The molecule has 1 aromatic carbocycles. The van der Waals surface area contributed by atoms with Gasteiger partial charge in [0.05, 0.1) is 23.1 Å². The van der Waals surface area contributed by atoms with Gasteiger partial charge in [-0.3, -0.25) is 0 Å². The lowest BCUT2D eigenvalue weighted by atomic mass is 10.0. The number of rotatable bonds is 3. The van der Waals surface area contributed by atoms with E-state index in [1.165, 1.54) is 0 Å². The number of hydrogen-bond acceptors (Lipinski definition) is 5. The second-order valence-electron chi connectivity index (χ2n) is 6.24. The third-order valence-corrected chi connectivity index (χ3v) is 4.83. The molecule has 0 amide bonds. The lowest BCUT2D eigenvalue weighted by Crippen LogP contribution is -2.37. The zero-order valence-electron chi connectivity index (χ0n) is 14.1. The number of fused-ring (bicyclic) bond motifs is 1. The van der Waals surface area contributed by atoms with Crippen molar-refractivity contribution < 1.29 is 4.74 Å². The molecule has 0 radical (unpaired) electrons. The van der Waals surface area contributed by atoms with Crippen molar-refractivity contribution >= 4 is 16.9 Å². The Kier molecular flexibility index (Phi) is 4.08. The Morgan fingerprint density at radius 2 is 2.12 bits per heavy atom. The fraction of sp³-hybridized carbons (Fsp3) is 0.316. The van der Waals surface area contributed by atoms with Gasteiger partial charge in [0.25, 0.3) is 0 Å².